The molecule has 0 radical (unpaired) electrons. The molecule has 1 aliphatic carbocycles. The smallest absolute Gasteiger partial charge is 0.225 e. The molecular weight excluding hydrogens is 238 g/mol. The van der Waals surface area contributed by atoms with E-state index in [0.717, 1.165) is 31.2 Å². The van der Waals surface area contributed by atoms with Crippen LogP contribution in [0.5, 0.6) is 0 Å². The first kappa shape index (κ1) is 14.1. The van der Waals surface area contributed by atoms with Crippen molar-refractivity contribution in [3.8, 4) is 0 Å². The fraction of sp³-hybridized carbons (Fsp3) is 0.562. The molecule has 1 N–H and O–H groups in total. The largest absolute Gasteiger partial charge is 0.389 e. The van der Waals surface area contributed by atoms with Gasteiger partial charge in [0.05, 0.1) is 12.0 Å². The molecule has 0 unspecified atom stereocenters. The Hall–Kier alpha value is -1.35. The fourth-order valence-corrected chi connectivity index (χ4v) is 2.75. The molecule has 2 rings (SSSR count). The van der Waals surface area contributed by atoms with E-state index in [1.165, 1.54) is 6.42 Å². The van der Waals surface area contributed by atoms with E-state index in [2.05, 4.69) is 0 Å². The van der Waals surface area contributed by atoms with E-state index in [1.807, 2.05) is 37.4 Å². The van der Waals surface area contributed by atoms with E-state index in [9.17, 15) is 9.90 Å². The van der Waals surface area contributed by atoms with E-state index in [-0.39, 0.29) is 12.3 Å². The number of amides is 1. The van der Waals surface area contributed by atoms with E-state index >= 15 is 0 Å². The standard InChI is InChI=1S/C16H23NO2/c1-17(13-14-8-4-2-5-9-14)15(18)12-16(19)10-6-3-7-11-16/h2,4-5,8-9,19H,3,6-7,10-13H2,1H3. The topological polar surface area (TPSA) is 40.5 Å². The van der Waals surface area contributed by atoms with Gasteiger partial charge in [-0.1, -0.05) is 49.6 Å². The number of aliphatic hydroxyl groups is 1. The maximum atomic E-state index is 12.2. The molecule has 1 aromatic rings. The third-order valence-electron chi connectivity index (χ3n) is 3.95. The van der Waals surface area contributed by atoms with Gasteiger partial charge in [-0.05, 0) is 18.4 Å². The minimum atomic E-state index is -0.764. The Kier molecular flexibility index (Phi) is 4.59. The van der Waals surface area contributed by atoms with Crippen LogP contribution < -0.4 is 0 Å². The summed E-state index contributed by atoms with van der Waals surface area (Å²) in [6.45, 7) is 0.607. The predicted octanol–water partition coefficient (Wildman–Crippen LogP) is 2.73. The van der Waals surface area contributed by atoms with Gasteiger partial charge in [0, 0.05) is 13.6 Å². The number of carbonyl (C=O) groups excluding carboxylic acids is 1. The lowest BCUT2D eigenvalue weighted by Crippen LogP contribution is -2.39. The molecule has 0 aliphatic heterocycles. The van der Waals surface area contributed by atoms with Crippen LogP contribution in [0.25, 0.3) is 0 Å². The van der Waals surface area contributed by atoms with Crippen molar-refractivity contribution < 1.29 is 9.90 Å². The minimum absolute atomic E-state index is 0.0354. The Labute approximate surface area is 115 Å². The van der Waals surface area contributed by atoms with Crippen LogP contribution in [0.1, 0.15) is 44.1 Å². The van der Waals surface area contributed by atoms with E-state index in [4.69, 9.17) is 0 Å². The van der Waals surface area contributed by atoms with Crippen LogP contribution in [-0.4, -0.2) is 28.6 Å². The highest BCUT2D eigenvalue weighted by molar-refractivity contribution is 5.77. The van der Waals surface area contributed by atoms with Crippen molar-refractivity contribution in [3.05, 3.63) is 35.9 Å². The molecule has 0 atom stereocenters. The summed E-state index contributed by atoms with van der Waals surface area (Å²) in [5.41, 5.74) is 0.356. The summed E-state index contributed by atoms with van der Waals surface area (Å²) < 4.78 is 0. The van der Waals surface area contributed by atoms with Gasteiger partial charge < -0.3 is 10.0 Å². The Morgan fingerprint density at radius 3 is 2.47 bits per heavy atom. The molecule has 0 saturated heterocycles. The normalized spacial score (nSPS) is 18.0. The van der Waals surface area contributed by atoms with E-state index < -0.39 is 5.60 Å². The number of rotatable bonds is 4. The zero-order chi connectivity index (χ0) is 13.7. The highest BCUT2D eigenvalue weighted by Crippen LogP contribution is 2.31. The summed E-state index contributed by atoms with van der Waals surface area (Å²) in [6.07, 6.45) is 5.03. The van der Waals surface area contributed by atoms with Crippen LogP contribution in [-0.2, 0) is 11.3 Å². The van der Waals surface area contributed by atoms with Gasteiger partial charge in [0.1, 0.15) is 0 Å². The number of hydrogen-bond acceptors (Lipinski definition) is 2. The quantitative estimate of drug-likeness (QED) is 0.905. The molecule has 1 fully saturated rings. The van der Waals surface area contributed by atoms with Gasteiger partial charge in [-0.2, -0.15) is 0 Å². The zero-order valence-electron chi connectivity index (χ0n) is 11.6. The van der Waals surface area contributed by atoms with Gasteiger partial charge in [-0.15, -0.1) is 0 Å². The van der Waals surface area contributed by atoms with Crippen LogP contribution in [0.2, 0.25) is 0 Å². The second-order valence-electron chi connectivity index (χ2n) is 5.70. The highest BCUT2D eigenvalue weighted by Gasteiger charge is 2.32. The Morgan fingerprint density at radius 2 is 1.84 bits per heavy atom. The number of benzene rings is 1. The third kappa shape index (κ3) is 4.06. The van der Waals surface area contributed by atoms with Gasteiger partial charge in [0.2, 0.25) is 5.91 Å². The average Bonchev–Trinajstić information content (AvgIpc) is 2.40. The molecule has 1 amide bonds. The van der Waals surface area contributed by atoms with Crippen molar-refractivity contribution in [3.63, 3.8) is 0 Å². The molecule has 1 saturated carbocycles. The molecule has 0 aromatic heterocycles. The third-order valence-corrected chi connectivity index (χ3v) is 3.95. The molecule has 1 aromatic carbocycles. The van der Waals surface area contributed by atoms with E-state index in [1.54, 1.807) is 4.90 Å². The fourth-order valence-electron chi connectivity index (χ4n) is 2.75. The summed E-state index contributed by atoms with van der Waals surface area (Å²) in [5, 5.41) is 10.4. The SMILES string of the molecule is CN(Cc1ccccc1)C(=O)CC1(O)CCCCC1. The van der Waals surface area contributed by atoms with Crippen LogP contribution in [0.4, 0.5) is 0 Å². The van der Waals surface area contributed by atoms with Crippen molar-refractivity contribution in [2.75, 3.05) is 7.05 Å². The zero-order valence-corrected chi connectivity index (χ0v) is 11.6. The number of nitrogens with zero attached hydrogens (tertiary/aromatic N) is 1. The Balaban J connectivity index is 1.88. The maximum Gasteiger partial charge on any atom is 0.225 e. The molecule has 1 aliphatic rings. The van der Waals surface area contributed by atoms with Crippen molar-refractivity contribution in [2.45, 2.75) is 50.7 Å². The summed E-state index contributed by atoms with van der Waals surface area (Å²) in [6, 6.07) is 9.94. The lowest BCUT2D eigenvalue weighted by Gasteiger charge is -2.32. The minimum Gasteiger partial charge on any atom is -0.389 e. The second kappa shape index (κ2) is 6.20. The van der Waals surface area contributed by atoms with Gasteiger partial charge >= 0.3 is 0 Å². The first-order chi connectivity index (χ1) is 9.09. The lowest BCUT2D eigenvalue weighted by atomic mass is 9.82. The van der Waals surface area contributed by atoms with Crippen molar-refractivity contribution in [1.82, 2.24) is 4.90 Å². The van der Waals surface area contributed by atoms with E-state index in [0.29, 0.717) is 6.54 Å². The van der Waals surface area contributed by atoms with Crippen LogP contribution in [0.15, 0.2) is 30.3 Å². The first-order valence-electron chi connectivity index (χ1n) is 7.09. The monoisotopic (exact) mass is 261 g/mol. The lowest BCUT2D eigenvalue weighted by molar-refractivity contribution is -0.137. The molecule has 3 nitrogen and oxygen atoms in total. The molecular formula is C16H23NO2. The van der Waals surface area contributed by atoms with Crippen molar-refractivity contribution in [1.29, 1.82) is 0 Å². The summed E-state index contributed by atoms with van der Waals surface area (Å²) in [5.74, 6) is 0.0354. The second-order valence-corrected chi connectivity index (χ2v) is 5.70. The Morgan fingerprint density at radius 1 is 1.21 bits per heavy atom. The molecule has 0 bridgehead atoms. The molecule has 104 valence electrons. The molecule has 19 heavy (non-hydrogen) atoms. The predicted molar refractivity (Wildman–Crippen MR) is 75.6 cm³/mol. The molecule has 3 heteroatoms. The molecule has 0 heterocycles. The van der Waals surface area contributed by atoms with Crippen molar-refractivity contribution in [2.24, 2.45) is 0 Å². The van der Waals surface area contributed by atoms with Gasteiger partial charge in [0.25, 0.3) is 0 Å². The summed E-state index contributed by atoms with van der Waals surface area (Å²) in [4.78, 5) is 13.9. The van der Waals surface area contributed by atoms with Crippen LogP contribution in [0, 0.1) is 0 Å². The summed E-state index contributed by atoms with van der Waals surface area (Å²) in [7, 11) is 1.81. The van der Waals surface area contributed by atoms with Gasteiger partial charge in [-0.3, -0.25) is 4.79 Å². The number of carbonyl (C=O) groups is 1. The first-order valence-corrected chi connectivity index (χ1v) is 7.09. The maximum absolute atomic E-state index is 12.2. The van der Waals surface area contributed by atoms with Crippen LogP contribution in [0.3, 0.4) is 0 Å². The number of hydrogen-bond donors (Lipinski definition) is 1. The Bertz CT molecular complexity index is 410. The van der Waals surface area contributed by atoms with Crippen LogP contribution >= 0.6 is 0 Å². The average molecular weight is 261 g/mol. The molecule has 0 spiro atoms. The van der Waals surface area contributed by atoms with Gasteiger partial charge in [0.15, 0.2) is 0 Å². The van der Waals surface area contributed by atoms with Crippen molar-refractivity contribution >= 4 is 5.91 Å². The highest BCUT2D eigenvalue weighted by atomic mass is 16.3. The van der Waals surface area contributed by atoms with Gasteiger partial charge in [-0.25, -0.2) is 0 Å². The summed E-state index contributed by atoms with van der Waals surface area (Å²) >= 11 is 0.